The van der Waals surface area contributed by atoms with Crippen molar-refractivity contribution in [3.05, 3.63) is 64.3 Å². The van der Waals surface area contributed by atoms with Gasteiger partial charge in [0.1, 0.15) is 6.54 Å². The highest BCUT2D eigenvalue weighted by molar-refractivity contribution is 9.10. The van der Waals surface area contributed by atoms with Crippen LogP contribution in [-0.2, 0) is 19.1 Å². The maximum Gasteiger partial charge on any atom is 0.294 e. The average molecular weight is 461 g/mol. The van der Waals surface area contributed by atoms with Gasteiger partial charge in [-0.3, -0.25) is 14.5 Å². The van der Waals surface area contributed by atoms with E-state index in [2.05, 4.69) is 21.2 Å². The molecule has 2 amide bonds. The lowest BCUT2D eigenvalue weighted by atomic mass is 10.1. The van der Waals surface area contributed by atoms with Gasteiger partial charge in [0.15, 0.2) is 17.8 Å². The van der Waals surface area contributed by atoms with E-state index in [1.807, 2.05) is 30.3 Å². The van der Waals surface area contributed by atoms with E-state index in [1.54, 1.807) is 24.3 Å². The number of rotatable bonds is 7. The third-order valence-electron chi connectivity index (χ3n) is 4.32. The number of ether oxygens (including phenoxy) is 3. The van der Waals surface area contributed by atoms with Gasteiger partial charge in [-0.05, 0) is 29.8 Å². The Labute approximate surface area is 177 Å². The lowest BCUT2D eigenvalue weighted by Gasteiger charge is -2.30. The van der Waals surface area contributed by atoms with Crippen molar-refractivity contribution in [3.63, 3.8) is 0 Å². The number of carbonyl (C=O) groups is 2. The highest BCUT2D eigenvalue weighted by Crippen LogP contribution is 2.35. The van der Waals surface area contributed by atoms with Crippen LogP contribution in [0, 0.1) is 0 Å². The number of hydrogen-bond acceptors (Lipinski definition) is 5. The SMILES string of the molecule is COC(CNC(=O)CN1C(=O)C(=Cc2ccccc2Br)Oc2ccccc21)OC. The van der Waals surface area contributed by atoms with Crippen molar-refractivity contribution in [2.24, 2.45) is 0 Å². The molecule has 0 spiro atoms. The van der Waals surface area contributed by atoms with Crippen LogP contribution >= 0.6 is 15.9 Å². The lowest BCUT2D eigenvalue weighted by Crippen LogP contribution is -2.45. The average Bonchev–Trinajstić information content (AvgIpc) is 2.73. The fourth-order valence-electron chi connectivity index (χ4n) is 2.81. The zero-order valence-electron chi connectivity index (χ0n) is 16.1. The summed E-state index contributed by atoms with van der Waals surface area (Å²) in [6.45, 7) is 0.0122. The van der Waals surface area contributed by atoms with Crippen molar-refractivity contribution in [3.8, 4) is 5.75 Å². The van der Waals surface area contributed by atoms with E-state index in [0.29, 0.717) is 11.4 Å². The number of nitrogens with zero attached hydrogens (tertiary/aromatic N) is 1. The summed E-state index contributed by atoms with van der Waals surface area (Å²) >= 11 is 3.46. The van der Waals surface area contributed by atoms with Crippen LogP contribution < -0.4 is 15.0 Å². The number of fused-ring (bicyclic) bond motifs is 1. The van der Waals surface area contributed by atoms with Gasteiger partial charge in [0.05, 0.1) is 12.2 Å². The quantitative estimate of drug-likeness (QED) is 0.507. The first-order valence-corrected chi connectivity index (χ1v) is 9.70. The Bertz CT molecular complexity index is 927. The summed E-state index contributed by atoms with van der Waals surface area (Å²) in [5.74, 6) is -0.0982. The van der Waals surface area contributed by atoms with Crippen molar-refractivity contribution < 1.29 is 23.8 Å². The monoisotopic (exact) mass is 460 g/mol. The van der Waals surface area contributed by atoms with Crippen LogP contribution in [-0.4, -0.2) is 45.4 Å². The van der Waals surface area contributed by atoms with E-state index in [-0.39, 0.29) is 24.8 Å². The largest absolute Gasteiger partial charge is 0.449 e. The molecule has 1 aliphatic heterocycles. The molecule has 7 nitrogen and oxygen atoms in total. The predicted octanol–water partition coefficient (Wildman–Crippen LogP) is 2.95. The molecule has 0 unspecified atom stereocenters. The number of carbonyl (C=O) groups excluding carboxylic acids is 2. The first kappa shape index (κ1) is 21.0. The van der Waals surface area contributed by atoms with E-state index in [0.717, 1.165) is 10.0 Å². The number of amides is 2. The van der Waals surface area contributed by atoms with Crippen molar-refractivity contribution in [2.45, 2.75) is 6.29 Å². The molecule has 0 saturated heterocycles. The molecular formula is C21H21BrN2O5. The van der Waals surface area contributed by atoms with Gasteiger partial charge in [0, 0.05) is 18.7 Å². The smallest absolute Gasteiger partial charge is 0.294 e. The Hall–Kier alpha value is -2.68. The summed E-state index contributed by atoms with van der Waals surface area (Å²) < 4.78 is 16.8. The highest BCUT2D eigenvalue weighted by atomic mass is 79.9. The Morgan fingerprint density at radius 2 is 1.86 bits per heavy atom. The number of methoxy groups -OCH3 is 2. The first-order chi connectivity index (χ1) is 14.0. The molecule has 1 heterocycles. The topological polar surface area (TPSA) is 77.1 Å². The predicted molar refractivity (Wildman–Crippen MR) is 112 cm³/mol. The van der Waals surface area contributed by atoms with Crippen LogP contribution in [0.5, 0.6) is 5.75 Å². The van der Waals surface area contributed by atoms with Crippen LogP contribution in [0.2, 0.25) is 0 Å². The second-order valence-electron chi connectivity index (χ2n) is 6.20. The molecule has 0 saturated carbocycles. The summed E-state index contributed by atoms with van der Waals surface area (Å²) in [7, 11) is 2.97. The molecule has 0 aromatic heterocycles. The zero-order chi connectivity index (χ0) is 20.8. The molecule has 0 radical (unpaired) electrons. The molecular weight excluding hydrogens is 440 g/mol. The van der Waals surface area contributed by atoms with Crippen LogP contribution in [0.4, 0.5) is 5.69 Å². The minimum absolute atomic E-state index is 0.134. The third kappa shape index (κ3) is 5.03. The molecule has 1 aliphatic rings. The van der Waals surface area contributed by atoms with Crippen molar-refractivity contribution in [2.75, 3.05) is 32.2 Å². The van der Waals surface area contributed by atoms with Gasteiger partial charge in [-0.1, -0.05) is 46.3 Å². The fraction of sp³-hybridized carbons (Fsp3) is 0.238. The summed E-state index contributed by atoms with van der Waals surface area (Å²) in [6, 6.07) is 14.6. The molecule has 2 aromatic carbocycles. The zero-order valence-corrected chi connectivity index (χ0v) is 17.6. The van der Waals surface area contributed by atoms with E-state index in [4.69, 9.17) is 14.2 Å². The third-order valence-corrected chi connectivity index (χ3v) is 5.04. The molecule has 152 valence electrons. The molecule has 0 bridgehead atoms. The first-order valence-electron chi connectivity index (χ1n) is 8.90. The van der Waals surface area contributed by atoms with Crippen molar-refractivity contribution in [1.29, 1.82) is 0 Å². The van der Waals surface area contributed by atoms with Gasteiger partial charge in [-0.25, -0.2) is 0 Å². The number of para-hydroxylation sites is 2. The van der Waals surface area contributed by atoms with Crippen LogP contribution in [0.3, 0.4) is 0 Å². The van der Waals surface area contributed by atoms with Crippen LogP contribution in [0.25, 0.3) is 6.08 Å². The number of nitrogens with one attached hydrogen (secondary N) is 1. The summed E-state index contributed by atoms with van der Waals surface area (Å²) in [5.41, 5.74) is 1.33. The van der Waals surface area contributed by atoms with Gasteiger partial charge < -0.3 is 19.5 Å². The summed E-state index contributed by atoms with van der Waals surface area (Å²) in [4.78, 5) is 26.9. The maximum absolute atomic E-state index is 13.1. The molecule has 0 atom stereocenters. The molecule has 3 rings (SSSR count). The fourth-order valence-corrected chi connectivity index (χ4v) is 3.21. The van der Waals surface area contributed by atoms with Crippen molar-refractivity contribution in [1.82, 2.24) is 5.32 Å². The van der Waals surface area contributed by atoms with Gasteiger partial charge in [-0.2, -0.15) is 0 Å². The Balaban J connectivity index is 1.84. The standard InChI is InChI=1S/C21H21BrN2O5/c1-27-20(28-2)12-23-19(25)13-24-16-9-5-6-10-17(16)29-18(21(24)26)11-14-7-3-4-8-15(14)22/h3-11,20H,12-13H2,1-2H3,(H,23,25). The highest BCUT2D eigenvalue weighted by Gasteiger charge is 2.31. The summed E-state index contributed by atoms with van der Waals surface area (Å²) in [5, 5.41) is 2.71. The minimum atomic E-state index is -0.558. The second-order valence-corrected chi connectivity index (χ2v) is 7.05. The number of benzene rings is 2. The normalized spacial score (nSPS) is 14.7. The molecule has 1 N–H and O–H groups in total. The number of halogens is 1. The van der Waals surface area contributed by atoms with Crippen LogP contribution in [0.15, 0.2) is 58.8 Å². The van der Waals surface area contributed by atoms with E-state index >= 15 is 0 Å². The van der Waals surface area contributed by atoms with Crippen molar-refractivity contribution >= 4 is 39.5 Å². The van der Waals surface area contributed by atoms with Gasteiger partial charge in [-0.15, -0.1) is 0 Å². The van der Waals surface area contributed by atoms with Gasteiger partial charge >= 0.3 is 0 Å². The molecule has 0 aliphatic carbocycles. The summed E-state index contributed by atoms with van der Waals surface area (Å²) in [6.07, 6.45) is 1.09. The second kappa shape index (κ2) is 9.69. The molecule has 29 heavy (non-hydrogen) atoms. The van der Waals surface area contributed by atoms with Gasteiger partial charge in [0.25, 0.3) is 5.91 Å². The minimum Gasteiger partial charge on any atom is -0.449 e. The van der Waals surface area contributed by atoms with Gasteiger partial charge in [0.2, 0.25) is 5.91 Å². The van der Waals surface area contributed by atoms with E-state index < -0.39 is 12.2 Å². The molecule has 2 aromatic rings. The number of anilines is 1. The lowest BCUT2D eigenvalue weighted by molar-refractivity contribution is -0.127. The Morgan fingerprint density at radius 3 is 2.59 bits per heavy atom. The van der Waals surface area contributed by atoms with E-state index in [9.17, 15) is 9.59 Å². The maximum atomic E-state index is 13.1. The molecule has 0 fully saturated rings. The Morgan fingerprint density at radius 1 is 1.17 bits per heavy atom. The molecule has 8 heteroatoms. The Kier molecular flexibility index (Phi) is 7.03. The van der Waals surface area contributed by atoms with E-state index in [1.165, 1.54) is 19.1 Å². The number of hydrogen-bond donors (Lipinski definition) is 1. The van der Waals surface area contributed by atoms with Crippen LogP contribution in [0.1, 0.15) is 5.56 Å².